The normalized spacial score (nSPS) is 18.8. The van der Waals surface area contributed by atoms with Crippen LogP contribution in [0.1, 0.15) is 37.7 Å². The van der Waals surface area contributed by atoms with Gasteiger partial charge in [-0.1, -0.05) is 18.2 Å². The molecule has 0 bridgehead atoms. The lowest BCUT2D eigenvalue weighted by Gasteiger charge is -2.39. The summed E-state index contributed by atoms with van der Waals surface area (Å²) in [4.78, 5) is 25.2. The summed E-state index contributed by atoms with van der Waals surface area (Å²) >= 11 is 1.48. The van der Waals surface area contributed by atoms with Gasteiger partial charge in [-0.15, -0.1) is 0 Å². The Balaban J connectivity index is 1.64. The quantitative estimate of drug-likeness (QED) is 0.616. The lowest BCUT2D eigenvalue weighted by Crippen LogP contribution is -2.48. The van der Waals surface area contributed by atoms with Crippen LogP contribution in [0.4, 0.5) is 5.82 Å². The Morgan fingerprint density at radius 2 is 2.08 bits per heavy atom. The van der Waals surface area contributed by atoms with Gasteiger partial charge in [-0.05, 0) is 31.9 Å². The second kappa shape index (κ2) is 7.39. The number of nitrogens with zero attached hydrogens (tertiary/aromatic N) is 5. The molecule has 6 nitrogen and oxygen atoms in total. The highest BCUT2D eigenvalue weighted by Crippen LogP contribution is 2.30. The fourth-order valence-corrected chi connectivity index (χ4v) is 3.70. The van der Waals surface area contributed by atoms with Crippen molar-refractivity contribution >= 4 is 23.5 Å². The molecule has 2 heterocycles. The maximum absolute atomic E-state index is 12.4. The Labute approximate surface area is 147 Å². The van der Waals surface area contributed by atoms with Crippen LogP contribution in [0.2, 0.25) is 0 Å². The summed E-state index contributed by atoms with van der Waals surface area (Å²) in [6.07, 6.45) is 8.64. The Bertz CT molecular complexity index is 647. The molecular weight excluding hydrogens is 322 g/mol. The van der Waals surface area contributed by atoms with Crippen molar-refractivity contribution in [1.82, 2.24) is 14.9 Å². The van der Waals surface area contributed by atoms with Gasteiger partial charge in [0.05, 0.1) is 6.20 Å². The third kappa shape index (κ3) is 3.34. The van der Waals surface area contributed by atoms with Crippen molar-refractivity contribution in [2.24, 2.45) is 5.92 Å². The van der Waals surface area contributed by atoms with Crippen molar-refractivity contribution in [1.29, 1.82) is 5.26 Å². The Morgan fingerprint density at radius 1 is 1.38 bits per heavy atom. The second-order valence-electron chi connectivity index (χ2n) is 6.50. The molecule has 2 fully saturated rings. The van der Waals surface area contributed by atoms with Gasteiger partial charge in [0.15, 0.2) is 11.0 Å². The minimum absolute atomic E-state index is 0.254. The number of piperidine rings is 1. The van der Waals surface area contributed by atoms with Gasteiger partial charge in [-0.3, -0.25) is 4.79 Å². The number of hydrogen-bond donors (Lipinski definition) is 0. The number of hydrogen-bond acceptors (Lipinski definition) is 6. The highest BCUT2D eigenvalue weighted by atomic mass is 32.2. The highest BCUT2D eigenvalue weighted by molar-refractivity contribution is 7.98. The number of carbonyl (C=O) groups excluding carboxylic acids is 1. The molecule has 24 heavy (non-hydrogen) atoms. The van der Waals surface area contributed by atoms with Crippen LogP contribution < -0.4 is 4.90 Å². The first-order chi connectivity index (χ1) is 11.6. The smallest absolute Gasteiger partial charge is 0.225 e. The highest BCUT2D eigenvalue weighted by Gasteiger charge is 2.33. The van der Waals surface area contributed by atoms with Crippen LogP contribution in [0, 0.1) is 17.2 Å². The van der Waals surface area contributed by atoms with Gasteiger partial charge in [-0.2, -0.15) is 5.26 Å². The molecule has 1 saturated carbocycles. The molecule has 0 aromatic carbocycles. The van der Waals surface area contributed by atoms with E-state index < -0.39 is 0 Å². The number of aromatic nitrogens is 2. The Morgan fingerprint density at radius 3 is 2.62 bits per heavy atom. The van der Waals surface area contributed by atoms with Crippen molar-refractivity contribution in [2.45, 2.75) is 43.3 Å². The molecular formula is C17H23N5OS. The molecule has 1 aliphatic carbocycles. The monoisotopic (exact) mass is 345 g/mol. The number of anilines is 1. The van der Waals surface area contributed by atoms with E-state index in [1.165, 1.54) is 18.2 Å². The molecule has 0 radical (unpaired) electrons. The van der Waals surface area contributed by atoms with Crippen LogP contribution in [-0.2, 0) is 4.79 Å². The van der Waals surface area contributed by atoms with Crippen molar-refractivity contribution in [2.75, 3.05) is 31.3 Å². The molecule has 0 atom stereocenters. The summed E-state index contributed by atoms with van der Waals surface area (Å²) < 4.78 is 0. The summed E-state index contributed by atoms with van der Waals surface area (Å²) in [5, 5.41) is 9.99. The summed E-state index contributed by atoms with van der Waals surface area (Å²) in [5.74, 6) is 1.29. The third-order valence-corrected chi connectivity index (χ3v) is 5.73. The summed E-state index contributed by atoms with van der Waals surface area (Å²) in [6.45, 7) is 1.62. The van der Waals surface area contributed by atoms with E-state index in [1.807, 2.05) is 18.2 Å². The molecule has 128 valence electrons. The molecule has 1 aromatic heterocycles. The van der Waals surface area contributed by atoms with Crippen molar-refractivity contribution in [3.63, 3.8) is 0 Å². The van der Waals surface area contributed by atoms with E-state index in [1.54, 1.807) is 6.20 Å². The zero-order valence-electron chi connectivity index (χ0n) is 14.2. The molecule has 1 aliphatic heterocycles. The molecule has 0 spiro atoms. The van der Waals surface area contributed by atoms with Gasteiger partial charge < -0.3 is 9.80 Å². The van der Waals surface area contributed by atoms with Gasteiger partial charge >= 0.3 is 0 Å². The molecule has 1 amide bonds. The van der Waals surface area contributed by atoms with Crippen LogP contribution in [0.25, 0.3) is 0 Å². The first-order valence-electron chi connectivity index (χ1n) is 8.46. The van der Waals surface area contributed by atoms with Crippen LogP contribution in [0.15, 0.2) is 11.4 Å². The number of thioether (sulfide) groups is 1. The van der Waals surface area contributed by atoms with Gasteiger partial charge in [-0.25, -0.2) is 9.97 Å². The van der Waals surface area contributed by atoms with Crippen molar-refractivity contribution < 1.29 is 4.79 Å². The predicted octanol–water partition coefficient (Wildman–Crippen LogP) is 2.30. The van der Waals surface area contributed by atoms with E-state index in [0.717, 1.165) is 44.6 Å². The number of amides is 1. The lowest BCUT2D eigenvalue weighted by molar-refractivity contribution is -0.139. The fraction of sp³-hybridized carbons (Fsp3) is 0.647. The zero-order chi connectivity index (χ0) is 17.1. The maximum atomic E-state index is 12.4. The molecule has 2 aliphatic rings. The summed E-state index contributed by atoms with van der Waals surface area (Å²) in [6, 6.07) is 2.48. The molecule has 7 heteroatoms. The SMILES string of the molecule is CSc1ncc(C#N)c(N2CCC(N(C)C(=O)C3CCC3)CC2)n1. The standard InChI is InChI=1S/C17H23N5OS/c1-21(16(23)12-4-3-5-12)14-6-8-22(9-7-14)15-13(10-18)11-19-17(20-15)24-2/h11-12,14H,3-9H2,1-2H3. The van der Waals surface area contributed by atoms with Gasteiger partial charge in [0, 0.05) is 32.1 Å². The average molecular weight is 345 g/mol. The van der Waals surface area contributed by atoms with E-state index in [2.05, 4.69) is 20.9 Å². The van der Waals surface area contributed by atoms with Crippen LogP contribution in [-0.4, -0.2) is 53.2 Å². The predicted molar refractivity (Wildman–Crippen MR) is 93.9 cm³/mol. The van der Waals surface area contributed by atoms with Crippen LogP contribution >= 0.6 is 11.8 Å². The second-order valence-corrected chi connectivity index (χ2v) is 7.27. The molecule has 3 rings (SSSR count). The van der Waals surface area contributed by atoms with E-state index in [-0.39, 0.29) is 5.92 Å². The van der Waals surface area contributed by atoms with E-state index in [0.29, 0.717) is 22.7 Å². The topological polar surface area (TPSA) is 73.1 Å². The summed E-state index contributed by atoms with van der Waals surface area (Å²) in [5.41, 5.74) is 0.519. The average Bonchev–Trinajstić information content (AvgIpc) is 2.59. The first kappa shape index (κ1) is 17.0. The lowest BCUT2D eigenvalue weighted by atomic mass is 9.84. The molecule has 0 N–H and O–H groups in total. The number of carbonyl (C=O) groups is 1. The van der Waals surface area contributed by atoms with Crippen LogP contribution in [0.5, 0.6) is 0 Å². The number of rotatable bonds is 4. The minimum atomic E-state index is 0.254. The van der Waals surface area contributed by atoms with E-state index in [9.17, 15) is 10.1 Å². The summed E-state index contributed by atoms with van der Waals surface area (Å²) in [7, 11) is 1.94. The number of nitriles is 1. The van der Waals surface area contributed by atoms with Gasteiger partial charge in [0.1, 0.15) is 11.6 Å². The van der Waals surface area contributed by atoms with E-state index >= 15 is 0 Å². The van der Waals surface area contributed by atoms with Gasteiger partial charge in [0.2, 0.25) is 5.91 Å². The molecule has 0 unspecified atom stereocenters. The maximum Gasteiger partial charge on any atom is 0.225 e. The van der Waals surface area contributed by atoms with Crippen molar-refractivity contribution in [3.8, 4) is 6.07 Å². The van der Waals surface area contributed by atoms with E-state index in [4.69, 9.17) is 0 Å². The Kier molecular flexibility index (Phi) is 5.24. The minimum Gasteiger partial charge on any atom is -0.355 e. The molecule has 1 saturated heterocycles. The van der Waals surface area contributed by atoms with Gasteiger partial charge in [0.25, 0.3) is 0 Å². The zero-order valence-corrected chi connectivity index (χ0v) is 15.1. The van der Waals surface area contributed by atoms with Crippen molar-refractivity contribution in [3.05, 3.63) is 11.8 Å². The fourth-order valence-electron chi connectivity index (χ4n) is 3.36. The molecule has 1 aromatic rings. The first-order valence-corrected chi connectivity index (χ1v) is 9.69. The Hall–Kier alpha value is -1.81. The largest absolute Gasteiger partial charge is 0.355 e. The third-order valence-electron chi connectivity index (χ3n) is 5.16. The van der Waals surface area contributed by atoms with Crippen LogP contribution in [0.3, 0.4) is 0 Å².